The molecule has 1 aromatic carbocycles. The van der Waals surface area contributed by atoms with Crippen LogP contribution in [0.15, 0.2) is 24.3 Å². The summed E-state index contributed by atoms with van der Waals surface area (Å²) in [7, 11) is 0. The van der Waals surface area contributed by atoms with Crippen LogP contribution in [0.2, 0.25) is 0 Å². The normalized spacial score (nSPS) is 13.9. The first-order valence-electron chi connectivity index (χ1n) is 9.37. The van der Waals surface area contributed by atoms with E-state index in [1.54, 1.807) is 6.92 Å². The Morgan fingerprint density at radius 2 is 1.24 bits per heavy atom. The summed E-state index contributed by atoms with van der Waals surface area (Å²) in [4.78, 5) is 30.7. The maximum absolute atomic E-state index is 12.5. The number of rotatable bonds is 7. The van der Waals surface area contributed by atoms with E-state index in [0.717, 1.165) is 12.1 Å². The van der Waals surface area contributed by atoms with Crippen LogP contribution in [0, 0.1) is 5.92 Å². The average molecular weight is 511 g/mol. The zero-order valence-corrected chi connectivity index (χ0v) is 18.0. The van der Waals surface area contributed by atoms with Crippen molar-refractivity contribution in [2.75, 3.05) is 11.9 Å². The van der Waals surface area contributed by atoms with Gasteiger partial charge in [-0.05, 0) is 37.1 Å². The number of ketones is 2. The van der Waals surface area contributed by atoms with Gasteiger partial charge in [0.2, 0.25) is 5.91 Å². The highest BCUT2D eigenvalue weighted by Crippen LogP contribution is 2.30. The lowest BCUT2D eigenvalue weighted by atomic mass is 10.0. The Hall–Kier alpha value is -2.84. The number of Topliss-reactive ketones (excluding diaryl/α,β-unsaturated/α-hetero) is 2. The molecule has 1 amide bonds. The van der Waals surface area contributed by atoms with E-state index in [0.29, 0.717) is 12.2 Å². The van der Waals surface area contributed by atoms with Crippen LogP contribution < -0.4 is 16.4 Å². The van der Waals surface area contributed by atoms with E-state index in [2.05, 4.69) is 10.6 Å². The maximum atomic E-state index is 12.5. The zero-order valence-electron chi connectivity index (χ0n) is 18.0. The first-order chi connectivity index (χ1) is 15.2. The van der Waals surface area contributed by atoms with Gasteiger partial charge in [0.05, 0.1) is 11.6 Å². The van der Waals surface area contributed by atoms with Crippen molar-refractivity contribution in [2.45, 2.75) is 51.4 Å². The van der Waals surface area contributed by atoms with E-state index in [1.165, 1.54) is 12.1 Å². The number of hydrogen-bond acceptors (Lipinski definition) is 5. The van der Waals surface area contributed by atoms with E-state index in [4.69, 9.17) is 5.73 Å². The lowest BCUT2D eigenvalue weighted by Gasteiger charge is -2.24. The number of carbonyl (C=O) groups is 3. The van der Waals surface area contributed by atoms with Crippen molar-refractivity contribution in [1.29, 1.82) is 0 Å². The monoisotopic (exact) mass is 511 g/mol. The van der Waals surface area contributed by atoms with Gasteiger partial charge in [0.15, 0.2) is 0 Å². The number of carbonyl (C=O) groups excluding carboxylic acids is 3. The van der Waals surface area contributed by atoms with Crippen LogP contribution in [0.4, 0.5) is 45.2 Å². The number of benzene rings is 1. The summed E-state index contributed by atoms with van der Waals surface area (Å²) in [6.45, 7) is 5.85. The predicted octanol–water partition coefficient (Wildman–Crippen LogP) is 3.85. The Bertz CT molecular complexity index is 807. The van der Waals surface area contributed by atoms with Crippen LogP contribution >= 0.6 is 0 Å². The smallest absolute Gasteiger partial charge is 0.380 e. The Kier molecular flexibility index (Phi) is 11.0. The molecular formula is C19H22F9N3O3. The van der Waals surface area contributed by atoms with E-state index in [-0.39, 0.29) is 17.9 Å². The molecule has 6 nitrogen and oxygen atoms in total. The second kappa shape index (κ2) is 12.0. The van der Waals surface area contributed by atoms with Gasteiger partial charge in [-0.3, -0.25) is 14.4 Å². The molecule has 4 N–H and O–H groups in total. The lowest BCUT2D eigenvalue weighted by molar-refractivity contribution is -0.193. The first kappa shape index (κ1) is 31.2. The zero-order chi connectivity index (χ0) is 27.1. The number of nitrogens with two attached hydrogens (primary N) is 1. The van der Waals surface area contributed by atoms with Gasteiger partial charge in [-0.1, -0.05) is 13.8 Å². The van der Waals surface area contributed by atoms with Gasteiger partial charge < -0.3 is 16.4 Å². The largest absolute Gasteiger partial charge is 0.458 e. The highest BCUT2D eigenvalue weighted by atomic mass is 19.4. The van der Waals surface area contributed by atoms with Gasteiger partial charge in [0, 0.05) is 18.3 Å². The van der Waals surface area contributed by atoms with Crippen molar-refractivity contribution in [1.82, 2.24) is 5.32 Å². The molecule has 0 unspecified atom stereocenters. The maximum Gasteiger partial charge on any atom is 0.458 e. The predicted molar refractivity (Wildman–Crippen MR) is 102 cm³/mol. The summed E-state index contributed by atoms with van der Waals surface area (Å²) in [6.07, 6.45) is -15.9. The van der Waals surface area contributed by atoms with Crippen LogP contribution in [-0.4, -0.2) is 48.5 Å². The molecule has 0 heterocycles. The van der Waals surface area contributed by atoms with Gasteiger partial charge in [-0.2, -0.15) is 39.5 Å². The number of hydrogen-bond donors (Lipinski definition) is 3. The van der Waals surface area contributed by atoms with Gasteiger partial charge in [-0.15, -0.1) is 0 Å². The van der Waals surface area contributed by atoms with E-state index < -0.39 is 41.7 Å². The van der Waals surface area contributed by atoms with Crippen molar-refractivity contribution in [3.63, 3.8) is 0 Å². The van der Waals surface area contributed by atoms with Gasteiger partial charge >= 0.3 is 30.1 Å². The second-order valence-corrected chi connectivity index (χ2v) is 7.26. The van der Waals surface area contributed by atoms with E-state index in [9.17, 15) is 53.9 Å². The summed E-state index contributed by atoms with van der Waals surface area (Å²) in [5.41, 5.74) is 5.35. The van der Waals surface area contributed by atoms with Crippen molar-refractivity contribution in [3.8, 4) is 0 Å². The summed E-state index contributed by atoms with van der Waals surface area (Å²) in [5.74, 6) is -6.90. The van der Waals surface area contributed by atoms with Crippen LogP contribution in [-0.2, 0) is 20.6 Å². The first-order valence-corrected chi connectivity index (χ1v) is 9.37. The minimum Gasteiger partial charge on any atom is -0.380 e. The molecule has 0 saturated carbocycles. The minimum atomic E-state index is -5.77. The number of amides is 1. The molecule has 15 heteroatoms. The van der Waals surface area contributed by atoms with Crippen molar-refractivity contribution >= 4 is 23.2 Å². The molecule has 2 atom stereocenters. The second-order valence-electron chi connectivity index (χ2n) is 7.26. The van der Waals surface area contributed by atoms with E-state index in [1.807, 2.05) is 13.8 Å². The summed E-state index contributed by atoms with van der Waals surface area (Å²) in [6, 6.07) is 4.11. The molecule has 0 spiro atoms. The third-order valence-electron chi connectivity index (χ3n) is 4.00. The number of nitrogens with one attached hydrogen (secondary N) is 2. The number of halogens is 9. The molecule has 0 aliphatic heterocycles. The van der Waals surface area contributed by atoms with Crippen molar-refractivity contribution < 1.29 is 53.9 Å². The molecule has 1 rings (SSSR count). The third-order valence-corrected chi connectivity index (χ3v) is 4.00. The molecule has 0 radical (unpaired) electrons. The highest BCUT2D eigenvalue weighted by Gasteiger charge is 2.54. The fraction of sp³-hybridized carbons (Fsp3) is 0.526. The van der Waals surface area contributed by atoms with Crippen LogP contribution in [0.3, 0.4) is 0 Å². The molecule has 0 bridgehead atoms. The molecule has 34 heavy (non-hydrogen) atoms. The Morgan fingerprint density at radius 3 is 1.53 bits per heavy atom. The summed E-state index contributed by atoms with van der Waals surface area (Å²) < 4.78 is 105. The fourth-order valence-electron chi connectivity index (χ4n) is 2.05. The molecular weight excluding hydrogens is 489 g/mol. The summed E-state index contributed by atoms with van der Waals surface area (Å²) >= 11 is 0. The molecule has 1 aromatic rings. The Balaban J connectivity index is 0.000000770. The average Bonchev–Trinajstić information content (AvgIpc) is 2.68. The number of alkyl halides is 9. The molecule has 0 aliphatic rings. The molecule has 0 aromatic heterocycles. The highest BCUT2D eigenvalue weighted by molar-refractivity contribution is 6.41. The SMILES string of the molecule is CC(C)[C@H](CNC(=O)[C@@H](C)N)Nc1ccc(C(F)(F)F)cc1.O=C(C(=O)C(F)(F)F)C(F)(F)F. The van der Waals surface area contributed by atoms with Crippen LogP contribution in [0.5, 0.6) is 0 Å². The fourth-order valence-corrected chi connectivity index (χ4v) is 2.05. The molecule has 0 aliphatic carbocycles. The lowest BCUT2D eigenvalue weighted by Crippen LogP contribution is -2.45. The summed E-state index contributed by atoms with van der Waals surface area (Å²) in [5, 5.41) is 5.84. The molecule has 194 valence electrons. The van der Waals surface area contributed by atoms with E-state index >= 15 is 0 Å². The van der Waals surface area contributed by atoms with Gasteiger partial charge in [0.25, 0.3) is 0 Å². The van der Waals surface area contributed by atoms with Crippen LogP contribution in [0.25, 0.3) is 0 Å². The third kappa shape index (κ3) is 10.9. The van der Waals surface area contributed by atoms with Gasteiger partial charge in [-0.25, -0.2) is 0 Å². The van der Waals surface area contributed by atoms with Crippen molar-refractivity contribution in [2.24, 2.45) is 11.7 Å². The van der Waals surface area contributed by atoms with Crippen LogP contribution in [0.1, 0.15) is 26.3 Å². The molecule has 0 saturated heterocycles. The van der Waals surface area contributed by atoms with Gasteiger partial charge in [0.1, 0.15) is 0 Å². The minimum absolute atomic E-state index is 0.112. The quantitative estimate of drug-likeness (QED) is 0.382. The topological polar surface area (TPSA) is 101 Å². The Labute approximate surface area is 188 Å². The Morgan fingerprint density at radius 1 is 0.824 bits per heavy atom. The van der Waals surface area contributed by atoms with Crippen molar-refractivity contribution in [3.05, 3.63) is 29.8 Å². The molecule has 0 fully saturated rings. The number of anilines is 1. The standard InChI is InChI=1S/C15H22F3N3O.C4F6O2/c1-9(2)13(8-20-14(22)10(3)19)21-12-6-4-11(5-7-12)15(16,17)18;5-3(6,7)1(11)2(12)4(8,9)10/h4-7,9-10,13,21H,8,19H2,1-3H3,(H,20,22);/t10-,13+;/m1./s1.